The van der Waals surface area contributed by atoms with E-state index in [2.05, 4.69) is 0 Å². The molecule has 0 saturated carbocycles. The van der Waals surface area contributed by atoms with Gasteiger partial charge in [-0.25, -0.2) is 4.79 Å². The number of ether oxygens (including phenoxy) is 2. The summed E-state index contributed by atoms with van der Waals surface area (Å²) in [5, 5.41) is 0. The highest BCUT2D eigenvalue weighted by atomic mass is 35.5. The molecular weight excluding hydrogens is 354 g/mol. The van der Waals surface area contributed by atoms with Gasteiger partial charge >= 0.3 is 5.97 Å². The van der Waals surface area contributed by atoms with E-state index in [4.69, 9.17) is 21.1 Å². The highest BCUT2D eigenvalue weighted by Gasteiger charge is 2.33. The molecule has 0 aromatic heterocycles. The number of methoxy groups -OCH3 is 1. The largest absolute Gasteiger partial charge is 0.497 e. The number of carbonyl (C=O) groups excluding carboxylic acids is 2. The standard InChI is InChI=1S/C20H30ClNO4/c1-14(2)11-17(19(24)26-20(3,4)5)22(18(23)12-21)13-15-7-9-16(25-6)10-8-15/h7-10,14,17H,11-13H2,1-6H3/t17-/m0/s1. The Balaban J connectivity index is 3.12. The van der Waals surface area contributed by atoms with Gasteiger partial charge in [-0.1, -0.05) is 26.0 Å². The summed E-state index contributed by atoms with van der Waals surface area (Å²) in [7, 11) is 1.60. The van der Waals surface area contributed by atoms with Crippen LogP contribution in [0.3, 0.4) is 0 Å². The van der Waals surface area contributed by atoms with Gasteiger partial charge in [0.2, 0.25) is 5.91 Å². The molecule has 0 heterocycles. The van der Waals surface area contributed by atoms with E-state index >= 15 is 0 Å². The molecule has 1 rings (SSSR count). The number of rotatable bonds is 8. The fourth-order valence-corrected chi connectivity index (χ4v) is 2.70. The fourth-order valence-electron chi connectivity index (χ4n) is 2.54. The average molecular weight is 384 g/mol. The van der Waals surface area contributed by atoms with Crippen LogP contribution in [-0.2, 0) is 20.9 Å². The van der Waals surface area contributed by atoms with Crippen molar-refractivity contribution in [1.82, 2.24) is 4.90 Å². The summed E-state index contributed by atoms with van der Waals surface area (Å²) in [6.07, 6.45) is 0.508. The SMILES string of the molecule is COc1ccc(CN(C(=O)CCl)[C@@H](CC(C)C)C(=O)OC(C)(C)C)cc1. The Kier molecular flexibility index (Phi) is 8.41. The van der Waals surface area contributed by atoms with Crippen molar-refractivity contribution in [1.29, 1.82) is 0 Å². The first-order chi connectivity index (χ1) is 12.1. The molecule has 0 radical (unpaired) electrons. The van der Waals surface area contributed by atoms with Gasteiger partial charge in [-0.15, -0.1) is 11.6 Å². The van der Waals surface area contributed by atoms with E-state index in [0.29, 0.717) is 6.42 Å². The number of hydrogen-bond acceptors (Lipinski definition) is 4. The molecule has 1 atom stereocenters. The van der Waals surface area contributed by atoms with Gasteiger partial charge in [0, 0.05) is 6.54 Å². The van der Waals surface area contributed by atoms with Crippen LogP contribution in [0, 0.1) is 5.92 Å². The van der Waals surface area contributed by atoms with Crippen LogP contribution in [0.15, 0.2) is 24.3 Å². The van der Waals surface area contributed by atoms with E-state index in [1.807, 2.05) is 58.9 Å². The van der Waals surface area contributed by atoms with Crippen LogP contribution in [0.5, 0.6) is 5.75 Å². The second-order valence-corrected chi connectivity index (χ2v) is 7.95. The van der Waals surface area contributed by atoms with Crippen molar-refractivity contribution in [3.63, 3.8) is 0 Å². The zero-order valence-corrected chi connectivity index (χ0v) is 17.3. The Morgan fingerprint density at radius 1 is 1.15 bits per heavy atom. The van der Waals surface area contributed by atoms with Gasteiger partial charge in [0.15, 0.2) is 0 Å². The maximum absolute atomic E-state index is 12.8. The normalized spacial score (nSPS) is 12.6. The molecule has 146 valence electrons. The van der Waals surface area contributed by atoms with Crippen molar-refractivity contribution in [2.24, 2.45) is 5.92 Å². The van der Waals surface area contributed by atoms with Crippen molar-refractivity contribution < 1.29 is 19.1 Å². The molecule has 0 aliphatic heterocycles. The summed E-state index contributed by atoms with van der Waals surface area (Å²) >= 11 is 5.82. The lowest BCUT2D eigenvalue weighted by atomic mass is 10.0. The second kappa shape index (κ2) is 9.81. The van der Waals surface area contributed by atoms with Gasteiger partial charge in [-0.3, -0.25) is 4.79 Å². The van der Waals surface area contributed by atoms with Crippen molar-refractivity contribution >= 4 is 23.5 Å². The van der Waals surface area contributed by atoms with Gasteiger partial charge in [0.05, 0.1) is 7.11 Å². The molecule has 1 aromatic carbocycles. The molecule has 0 saturated heterocycles. The van der Waals surface area contributed by atoms with Crippen molar-refractivity contribution in [3.8, 4) is 5.75 Å². The van der Waals surface area contributed by atoms with Gasteiger partial charge in [0.25, 0.3) is 0 Å². The lowest BCUT2D eigenvalue weighted by Gasteiger charge is -2.33. The predicted molar refractivity (Wildman–Crippen MR) is 103 cm³/mol. The Bertz CT molecular complexity index is 593. The predicted octanol–water partition coefficient (Wildman–Crippen LogP) is 4.02. The molecule has 26 heavy (non-hydrogen) atoms. The maximum atomic E-state index is 12.8. The average Bonchev–Trinajstić information content (AvgIpc) is 2.56. The maximum Gasteiger partial charge on any atom is 0.329 e. The summed E-state index contributed by atoms with van der Waals surface area (Å²) in [6, 6.07) is 6.71. The zero-order valence-electron chi connectivity index (χ0n) is 16.5. The molecule has 0 spiro atoms. The molecule has 1 aromatic rings. The van der Waals surface area contributed by atoms with Gasteiger partial charge in [-0.2, -0.15) is 0 Å². The number of amides is 1. The number of benzene rings is 1. The van der Waals surface area contributed by atoms with Crippen LogP contribution in [0.4, 0.5) is 0 Å². The fraction of sp³-hybridized carbons (Fsp3) is 0.600. The zero-order chi connectivity index (χ0) is 19.9. The Morgan fingerprint density at radius 3 is 2.15 bits per heavy atom. The second-order valence-electron chi connectivity index (χ2n) is 7.68. The molecule has 0 aliphatic carbocycles. The van der Waals surface area contributed by atoms with Crippen LogP contribution in [0.25, 0.3) is 0 Å². The van der Waals surface area contributed by atoms with E-state index in [9.17, 15) is 9.59 Å². The first kappa shape index (κ1) is 22.3. The van der Waals surface area contributed by atoms with E-state index < -0.39 is 17.6 Å². The lowest BCUT2D eigenvalue weighted by Crippen LogP contribution is -2.48. The first-order valence-corrected chi connectivity index (χ1v) is 9.32. The molecule has 0 unspecified atom stereocenters. The molecular formula is C20H30ClNO4. The molecule has 5 nitrogen and oxygen atoms in total. The molecule has 0 aliphatic rings. The lowest BCUT2D eigenvalue weighted by molar-refractivity contribution is -0.165. The van der Waals surface area contributed by atoms with Crippen LogP contribution < -0.4 is 4.74 Å². The van der Waals surface area contributed by atoms with Crippen LogP contribution in [0.1, 0.15) is 46.6 Å². The number of hydrogen-bond donors (Lipinski definition) is 0. The summed E-state index contributed by atoms with van der Waals surface area (Å²) in [4.78, 5) is 26.8. The quantitative estimate of drug-likeness (QED) is 0.502. The van der Waals surface area contributed by atoms with Gasteiger partial charge < -0.3 is 14.4 Å². The highest BCUT2D eigenvalue weighted by Crippen LogP contribution is 2.21. The van der Waals surface area contributed by atoms with Crippen molar-refractivity contribution in [2.75, 3.05) is 13.0 Å². The van der Waals surface area contributed by atoms with Crippen LogP contribution in [0.2, 0.25) is 0 Å². The van der Waals surface area contributed by atoms with Crippen molar-refractivity contribution in [3.05, 3.63) is 29.8 Å². The third-order valence-electron chi connectivity index (χ3n) is 3.70. The van der Waals surface area contributed by atoms with E-state index in [-0.39, 0.29) is 24.2 Å². The van der Waals surface area contributed by atoms with Crippen LogP contribution in [-0.4, -0.2) is 41.4 Å². The number of esters is 1. The van der Waals surface area contributed by atoms with E-state index in [0.717, 1.165) is 11.3 Å². The minimum atomic E-state index is -0.678. The summed E-state index contributed by atoms with van der Waals surface area (Å²) in [6.45, 7) is 9.74. The topological polar surface area (TPSA) is 55.8 Å². The summed E-state index contributed by atoms with van der Waals surface area (Å²) < 4.78 is 10.7. The molecule has 1 amide bonds. The number of nitrogens with zero attached hydrogens (tertiary/aromatic N) is 1. The molecule has 0 fully saturated rings. The molecule has 0 bridgehead atoms. The first-order valence-electron chi connectivity index (χ1n) is 8.78. The number of halogens is 1. The van der Waals surface area contributed by atoms with Crippen molar-refractivity contribution in [2.45, 2.75) is 59.2 Å². The smallest absolute Gasteiger partial charge is 0.329 e. The van der Waals surface area contributed by atoms with Gasteiger partial charge in [-0.05, 0) is 50.8 Å². The monoisotopic (exact) mass is 383 g/mol. The minimum Gasteiger partial charge on any atom is -0.497 e. The van der Waals surface area contributed by atoms with E-state index in [1.54, 1.807) is 7.11 Å². The highest BCUT2D eigenvalue weighted by molar-refractivity contribution is 6.27. The Morgan fingerprint density at radius 2 is 1.73 bits per heavy atom. The Hall–Kier alpha value is -1.75. The minimum absolute atomic E-state index is 0.187. The third-order valence-corrected chi connectivity index (χ3v) is 3.93. The molecule has 0 N–H and O–H groups in total. The summed E-state index contributed by atoms with van der Waals surface area (Å²) in [5.74, 6) is 0.0640. The Labute approximate surface area is 161 Å². The van der Waals surface area contributed by atoms with E-state index in [1.165, 1.54) is 4.90 Å². The third kappa shape index (κ3) is 7.24. The number of alkyl halides is 1. The molecule has 6 heteroatoms. The summed E-state index contributed by atoms with van der Waals surface area (Å²) in [5.41, 5.74) is 0.267. The number of carbonyl (C=O) groups is 2. The van der Waals surface area contributed by atoms with Gasteiger partial charge in [0.1, 0.15) is 23.3 Å². The van der Waals surface area contributed by atoms with Crippen LogP contribution >= 0.6 is 11.6 Å².